The standard InChI is InChI=1S/C17H20N4/c1-12(2)19-11-15-10-14-6-4-5-7-16(14)17(20-15)21-9-8-18-13(21)3/h4-10,12,19H,11H2,1-3H3. The van der Waals surface area contributed by atoms with Crippen LogP contribution in [0.5, 0.6) is 0 Å². The van der Waals surface area contributed by atoms with Gasteiger partial charge in [0.25, 0.3) is 0 Å². The van der Waals surface area contributed by atoms with Crippen molar-refractivity contribution < 1.29 is 0 Å². The Hall–Kier alpha value is -2.20. The van der Waals surface area contributed by atoms with Crippen LogP contribution in [0.4, 0.5) is 0 Å². The van der Waals surface area contributed by atoms with E-state index in [1.54, 1.807) is 0 Å². The van der Waals surface area contributed by atoms with Gasteiger partial charge < -0.3 is 5.32 Å². The molecule has 0 unspecified atom stereocenters. The van der Waals surface area contributed by atoms with Gasteiger partial charge in [0, 0.05) is 30.4 Å². The zero-order chi connectivity index (χ0) is 14.8. The lowest BCUT2D eigenvalue weighted by molar-refractivity contribution is 0.581. The molecule has 3 aromatic rings. The van der Waals surface area contributed by atoms with Crippen molar-refractivity contribution in [1.29, 1.82) is 0 Å². The van der Waals surface area contributed by atoms with Crippen molar-refractivity contribution in [3.8, 4) is 5.82 Å². The first-order valence-corrected chi connectivity index (χ1v) is 7.27. The fraction of sp³-hybridized carbons (Fsp3) is 0.294. The molecular formula is C17H20N4. The maximum Gasteiger partial charge on any atom is 0.146 e. The molecule has 4 nitrogen and oxygen atoms in total. The molecule has 21 heavy (non-hydrogen) atoms. The largest absolute Gasteiger partial charge is 0.309 e. The number of rotatable bonds is 4. The van der Waals surface area contributed by atoms with Gasteiger partial charge in [0.05, 0.1) is 5.69 Å². The van der Waals surface area contributed by atoms with E-state index in [1.165, 1.54) is 5.39 Å². The van der Waals surface area contributed by atoms with E-state index in [-0.39, 0.29) is 0 Å². The van der Waals surface area contributed by atoms with Crippen molar-refractivity contribution in [2.24, 2.45) is 0 Å². The molecule has 0 aliphatic carbocycles. The molecule has 0 aliphatic heterocycles. The number of aromatic nitrogens is 3. The number of aryl methyl sites for hydroxylation is 1. The van der Waals surface area contributed by atoms with Gasteiger partial charge in [-0.25, -0.2) is 9.97 Å². The Morgan fingerprint density at radius 1 is 1.24 bits per heavy atom. The van der Waals surface area contributed by atoms with Crippen molar-refractivity contribution in [2.75, 3.05) is 0 Å². The average molecular weight is 280 g/mol. The monoisotopic (exact) mass is 280 g/mol. The van der Waals surface area contributed by atoms with Crippen LogP contribution in [0.15, 0.2) is 42.7 Å². The van der Waals surface area contributed by atoms with Crippen LogP contribution >= 0.6 is 0 Å². The Morgan fingerprint density at radius 3 is 2.76 bits per heavy atom. The van der Waals surface area contributed by atoms with Gasteiger partial charge in [0.2, 0.25) is 0 Å². The zero-order valence-corrected chi connectivity index (χ0v) is 12.7. The topological polar surface area (TPSA) is 42.7 Å². The molecule has 2 aromatic heterocycles. The number of hydrogen-bond acceptors (Lipinski definition) is 3. The normalized spacial score (nSPS) is 11.4. The Kier molecular flexibility index (Phi) is 3.71. The van der Waals surface area contributed by atoms with Crippen molar-refractivity contribution >= 4 is 10.8 Å². The van der Waals surface area contributed by atoms with Crippen LogP contribution in [0, 0.1) is 6.92 Å². The number of imidazole rings is 1. The number of nitrogens with one attached hydrogen (secondary N) is 1. The van der Waals surface area contributed by atoms with Crippen LogP contribution in [0.3, 0.4) is 0 Å². The lowest BCUT2D eigenvalue weighted by Gasteiger charge is -2.13. The molecule has 108 valence electrons. The number of benzene rings is 1. The predicted octanol–water partition coefficient (Wildman–Crippen LogP) is 3.23. The smallest absolute Gasteiger partial charge is 0.146 e. The molecule has 0 radical (unpaired) electrons. The molecule has 1 aromatic carbocycles. The van der Waals surface area contributed by atoms with Crippen molar-refractivity contribution in [1.82, 2.24) is 19.9 Å². The van der Waals surface area contributed by atoms with Crippen LogP contribution in [0.25, 0.3) is 16.6 Å². The maximum absolute atomic E-state index is 4.84. The Bertz CT molecular complexity index is 758. The molecule has 0 spiro atoms. The van der Waals surface area contributed by atoms with E-state index in [1.807, 2.05) is 30.0 Å². The summed E-state index contributed by atoms with van der Waals surface area (Å²) in [7, 11) is 0. The van der Waals surface area contributed by atoms with E-state index in [9.17, 15) is 0 Å². The molecule has 0 aliphatic rings. The zero-order valence-electron chi connectivity index (χ0n) is 12.7. The number of hydrogen-bond donors (Lipinski definition) is 1. The molecule has 1 N–H and O–H groups in total. The van der Waals surface area contributed by atoms with E-state index >= 15 is 0 Å². The Labute approximate surface area is 124 Å². The third kappa shape index (κ3) is 2.81. The lowest BCUT2D eigenvalue weighted by Crippen LogP contribution is -2.22. The van der Waals surface area contributed by atoms with Crippen LogP contribution < -0.4 is 5.32 Å². The van der Waals surface area contributed by atoms with Gasteiger partial charge in [-0.05, 0) is 18.4 Å². The van der Waals surface area contributed by atoms with Gasteiger partial charge >= 0.3 is 0 Å². The number of fused-ring (bicyclic) bond motifs is 1. The highest BCUT2D eigenvalue weighted by Gasteiger charge is 2.09. The molecule has 2 heterocycles. The van der Waals surface area contributed by atoms with Crippen molar-refractivity contribution in [2.45, 2.75) is 33.4 Å². The Morgan fingerprint density at radius 2 is 2.05 bits per heavy atom. The van der Waals surface area contributed by atoms with Gasteiger partial charge in [-0.3, -0.25) is 4.57 Å². The average Bonchev–Trinajstić information content (AvgIpc) is 2.90. The highest BCUT2D eigenvalue weighted by atomic mass is 15.1. The first-order chi connectivity index (χ1) is 10.1. The van der Waals surface area contributed by atoms with Gasteiger partial charge in [-0.15, -0.1) is 0 Å². The molecule has 0 saturated carbocycles. The van der Waals surface area contributed by atoms with E-state index in [0.29, 0.717) is 6.04 Å². The molecule has 4 heteroatoms. The van der Waals surface area contributed by atoms with Crippen LogP contribution in [-0.2, 0) is 6.54 Å². The minimum atomic E-state index is 0.441. The minimum absolute atomic E-state index is 0.441. The second-order valence-electron chi connectivity index (χ2n) is 5.54. The summed E-state index contributed by atoms with van der Waals surface area (Å²) in [5.41, 5.74) is 1.05. The van der Waals surface area contributed by atoms with Gasteiger partial charge in [-0.2, -0.15) is 0 Å². The molecule has 3 rings (SSSR count). The SMILES string of the molecule is Cc1nccn1-c1nc(CNC(C)C)cc2ccccc12. The molecular weight excluding hydrogens is 260 g/mol. The number of pyridine rings is 1. The van der Waals surface area contributed by atoms with Crippen LogP contribution in [-0.4, -0.2) is 20.6 Å². The minimum Gasteiger partial charge on any atom is -0.309 e. The molecule has 0 saturated heterocycles. The summed E-state index contributed by atoms with van der Waals surface area (Å²) in [6.45, 7) is 7.04. The molecule has 0 atom stereocenters. The first kappa shape index (κ1) is 13.8. The molecule has 0 bridgehead atoms. The van der Waals surface area contributed by atoms with E-state index < -0.39 is 0 Å². The van der Waals surface area contributed by atoms with E-state index in [4.69, 9.17) is 4.98 Å². The molecule has 0 amide bonds. The highest BCUT2D eigenvalue weighted by molar-refractivity contribution is 5.88. The summed E-state index contributed by atoms with van der Waals surface area (Å²) in [6.07, 6.45) is 3.77. The van der Waals surface area contributed by atoms with Gasteiger partial charge in [0.1, 0.15) is 11.6 Å². The van der Waals surface area contributed by atoms with Gasteiger partial charge in [-0.1, -0.05) is 38.1 Å². The third-order valence-electron chi connectivity index (χ3n) is 3.52. The third-order valence-corrected chi connectivity index (χ3v) is 3.52. The maximum atomic E-state index is 4.84. The fourth-order valence-corrected chi connectivity index (χ4v) is 2.42. The second-order valence-corrected chi connectivity index (χ2v) is 5.54. The molecule has 0 fully saturated rings. The summed E-state index contributed by atoms with van der Waals surface area (Å²) >= 11 is 0. The predicted molar refractivity (Wildman–Crippen MR) is 85.6 cm³/mol. The summed E-state index contributed by atoms with van der Waals surface area (Å²) in [4.78, 5) is 9.15. The summed E-state index contributed by atoms with van der Waals surface area (Å²) in [5.74, 6) is 1.89. The van der Waals surface area contributed by atoms with Crippen LogP contribution in [0.1, 0.15) is 25.4 Å². The lowest BCUT2D eigenvalue weighted by atomic mass is 10.1. The Balaban J connectivity index is 2.14. The first-order valence-electron chi connectivity index (χ1n) is 7.27. The van der Waals surface area contributed by atoms with Gasteiger partial charge in [0.15, 0.2) is 0 Å². The van der Waals surface area contributed by atoms with Crippen molar-refractivity contribution in [3.05, 3.63) is 54.2 Å². The second kappa shape index (κ2) is 5.66. The quantitative estimate of drug-likeness (QED) is 0.798. The summed E-state index contributed by atoms with van der Waals surface area (Å²) in [6, 6.07) is 10.9. The van der Waals surface area contributed by atoms with E-state index in [2.05, 4.69) is 48.4 Å². The highest BCUT2D eigenvalue weighted by Crippen LogP contribution is 2.22. The summed E-state index contributed by atoms with van der Waals surface area (Å²) < 4.78 is 2.04. The number of nitrogens with zero attached hydrogens (tertiary/aromatic N) is 3. The van der Waals surface area contributed by atoms with E-state index in [0.717, 1.165) is 29.3 Å². The fourth-order valence-electron chi connectivity index (χ4n) is 2.42. The van der Waals surface area contributed by atoms with Crippen molar-refractivity contribution in [3.63, 3.8) is 0 Å². The summed E-state index contributed by atoms with van der Waals surface area (Å²) in [5, 5.41) is 5.78. The van der Waals surface area contributed by atoms with Crippen LogP contribution in [0.2, 0.25) is 0 Å².